The second kappa shape index (κ2) is 6.94. The van der Waals surface area contributed by atoms with Crippen molar-refractivity contribution in [3.8, 4) is 0 Å². The topological polar surface area (TPSA) is 86.1 Å². The van der Waals surface area contributed by atoms with Crippen LogP contribution in [0.4, 0.5) is 10.6 Å². The maximum atomic E-state index is 12.0. The summed E-state index contributed by atoms with van der Waals surface area (Å²) < 4.78 is 5.35. The Morgan fingerprint density at radius 3 is 2.39 bits per heavy atom. The lowest BCUT2D eigenvalue weighted by Crippen LogP contribution is -2.50. The van der Waals surface area contributed by atoms with E-state index >= 15 is 0 Å². The molecular weight excluding hydrogens is 320 g/mol. The molecular formula is C14H21BClN3O4. The summed E-state index contributed by atoms with van der Waals surface area (Å²) in [5.74, 6) is 0.560. The van der Waals surface area contributed by atoms with Crippen molar-refractivity contribution in [3.63, 3.8) is 0 Å². The highest BCUT2D eigenvalue weighted by Gasteiger charge is 2.27. The molecule has 0 atom stereocenters. The van der Waals surface area contributed by atoms with Gasteiger partial charge in [0.15, 0.2) is 0 Å². The molecule has 1 fully saturated rings. The second-order valence-electron chi connectivity index (χ2n) is 6.40. The summed E-state index contributed by atoms with van der Waals surface area (Å²) in [6.45, 7) is 7.62. The first-order chi connectivity index (χ1) is 10.7. The lowest BCUT2D eigenvalue weighted by atomic mass is 9.86. The monoisotopic (exact) mass is 341 g/mol. The predicted molar refractivity (Wildman–Crippen MR) is 89.1 cm³/mol. The third-order valence-corrected chi connectivity index (χ3v) is 3.53. The Balaban J connectivity index is 2.01. The quantitative estimate of drug-likeness (QED) is 0.761. The minimum atomic E-state index is -1.67. The van der Waals surface area contributed by atoms with Gasteiger partial charge in [0.1, 0.15) is 11.4 Å². The van der Waals surface area contributed by atoms with Crippen LogP contribution in [0.2, 0.25) is 5.02 Å². The van der Waals surface area contributed by atoms with E-state index in [1.807, 2.05) is 25.7 Å². The number of hydrogen-bond donors (Lipinski definition) is 2. The molecule has 7 nitrogen and oxygen atoms in total. The Labute approximate surface area is 141 Å². The Hall–Kier alpha value is -1.51. The number of anilines is 1. The second-order valence-corrected chi connectivity index (χ2v) is 6.83. The van der Waals surface area contributed by atoms with E-state index in [9.17, 15) is 14.8 Å². The fourth-order valence-corrected chi connectivity index (χ4v) is 2.45. The Morgan fingerprint density at radius 2 is 1.87 bits per heavy atom. The predicted octanol–water partition coefficient (Wildman–Crippen LogP) is 0.472. The molecule has 2 N–H and O–H groups in total. The van der Waals surface area contributed by atoms with Crippen molar-refractivity contribution < 1.29 is 19.6 Å². The molecule has 23 heavy (non-hydrogen) atoms. The van der Waals surface area contributed by atoms with Crippen molar-refractivity contribution in [1.29, 1.82) is 0 Å². The summed E-state index contributed by atoms with van der Waals surface area (Å²) >= 11 is 5.99. The van der Waals surface area contributed by atoms with Crippen LogP contribution in [0.1, 0.15) is 20.8 Å². The zero-order valence-electron chi connectivity index (χ0n) is 13.5. The van der Waals surface area contributed by atoms with Crippen molar-refractivity contribution in [2.45, 2.75) is 26.4 Å². The zero-order valence-corrected chi connectivity index (χ0v) is 14.2. The normalized spacial score (nSPS) is 15.6. The van der Waals surface area contributed by atoms with E-state index in [-0.39, 0.29) is 11.7 Å². The van der Waals surface area contributed by atoms with E-state index in [1.54, 1.807) is 11.0 Å². The van der Waals surface area contributed by atoms with Crippen LogP contribution in [0, 0.1) is 0 Å². The first-order valence-corrected chi connectivity index (χ1v) is 7.80. The molecule has 2 rings (SSSR count). The lowest BCUT2D eigenvalue weighted by molar-refractivity contribution is 0.0240. The Bertz CT molecular complexity index is 572. The molecule has 1 aliphatic heterocycles. The number of carbonyl (C=O) groups is 1. The molecule has 1 amide bonds. The van der Waals surface area contributed by atoms with Crippen LogP contribution in [-0.4, -0.2) is 64.9 Å². The van der Waals surface area contributed by atoms with E-state index in [1.165, 1.54) is 6.07 Å². The molecule has 1 aromatic heterocycles. The van der Waals surface area contributed by atoms with Crippen molar-refractivity contribution in [2.24, 2.45) is 0 Å². The van der Waals surface area contributed by atoms with Crippen molar-refractivity contribution in [1.82, 2.24) is 9.88 Å². The molecule has 9 heteroatoms. The van der Waals surface area contributed by atoms with Crippen LogP contribution in [-0.2, 0) is 4.74 Å². The molecule has 1 saturated heterocycles. The van der Waals surface area contributed by atoms with Gasteiger partial charge in [0.2, 0.25) is 0 Å². The van der Waals surface area contributed by atoms with Gasteiger partial charge in [0.05, 0.1) is 5.59 Å². The van der Waals surface area contributed by atoms with Crippen LogP contribution < -0.4 is 10.5 Å². The van der Waals surface area contributed by atoms with E-state index in [0.29, 0.717) is 37.0 Å². The molecule has 0 radical (unpaired) electrons. The molecule has 0 unspecified atom stereocenters. The molecule has 1 aromatic rings. The molecule has 1 aliphatic rings. The highest BCUT2D eigenvalue weighted by Crippen LogP contribution is 2.18. The molecule has 0 bridgehead atoms. The van der Waals surface area contributed by atoms with Crippen molar-refractivity contribution >= 4 is 36.2 Å². The first kappa shape index (κ1) is 17.8. The maximum Gasteiger partial charge on any atom is 0.508 e. The number of rotatable bonds is 2. The van der Waals surface area contributed by atoms with Gasteiger partial charge in [0.25, 0.3) is 0 Å². The lowest BCUT2D eigenvalue weighted by Gasteiger charge is -2.36. The highest BCUT2D eigenvalue weighted by molar-refractivity contribution is 6.58. The van der Waals surface area contributed by atoms with Crippen LogP contribution in [0.25, 0.3) is 0 Å². The summed E-state index contributed by atoms with van der Waals surface area (Å²) in [5, 5.41) is 18.9. The molecule has 0 spiro atoms. The number of halogens is 1. The van der Waals surface area contributed by atoms with Gasteiger partial charge < -0.3 is 24.6 Å². The highest BCUT2D eigenvalue weighted by atomic mass is 35.5. The standard InChI is InChI=1S/C14H21BClN3O4/c1-14(2,3)23-13(20)19-6-4-18(5-7-19)12-9-10(16)8-11(17-12)15(21)22/h8-9,21-22H,4-7H2,1-3H3. The van der Waals surface area contributed by atoms with Crippen molar-refractivity contribution in [2.75, 3.05) is 31.1 Å². The third kappa shape index (κ3) is 4.99. The third-order valence-electron chi connectivity index (χ3n) is 3.32. The smallest absolute Gasteiger partial charge is 0.444 e. The van der Waals surface area contributed by atoms with Crippen LogP contribution in [0.5, 0.6) is 0 Å². The Kier molecular flexibility index (Phi) is 5.39. The van der Waals surface area contributed by atoms with Gasteiger partial charge in [-0.05, 0) is 32.9 Å². The average Bonchev–Trinajstić information content (AvgIpc) is 2.45. The fourth-order valence-electron chi connectivity index (χ4n) is 2.24. The fraction of sp³-hybridized carbons (Fsp3) is 0.571. The van der Waals surface area contributed by atoms with E-state index in [2.05, 4.69) is 4.98 Å². The molecule has 0 aromatic carbocycles. The number of pyridine rings is 1. The van der Waals surface area contributed by atoms with Crippen LogP contribution in [0.15, 0.2) is 12.1 Å². The number of ether oxygens (including phenoxy) is 1. The first-order valence-electron chi connectivity index (χ1n) is 7.42. The molecule has 0 aliphatic carbocycles. The van der Waals surface area contributed by atoms with Gasteiger partial charge in [-0.2, -0.15) is 0 Å². The molecule has 2 heterocycles. The minimum absolute atomic E-state index is 0.0991. The van der Waals surface area contributed by atoms with E-state index < -0.39 is 12.7 Å². The van der Waals surface area contributed by atoms with Gasteiger partial charge in [0, 0.05) is 31.2 Å². The van der Waals surface area contributed by atoms with E-state index in [4.69, 9.17) is 16.3 Å². The number of aromatic nitrogens is 1. The summed E-state index contributed by atoms with van der Waals surface area (Å²) in [6, 6.07) is 3.07. The number of carbonyl (C=O) groups excluding carboxylic acids is 1. The average molecular weight is 342 g/mol. The number of piperazine rings is 1. The van der Waals surface area contributed by atoms with Crippen LogP contribution in [0.3, 0.4) is 0 Å². The molecule has 0 saturated carbocycles. The number of hydrogen-bond acceptors (Lipinski definition) is 6. The van der Waals surface area contributed by atoms with Gasteiger partial charge in [-0.15, -0.1) is 0 Å². The molecule has 126 valence electrons. The van der Waals surface area contributed by atoms with Gasteiger partial charge in [-0.1, -0.05) is 11.6 Å². The number of nitrogens with zero attached hydrogens (tertiary/aromatic N) is 3. The number of amides is 1. The maximum absolute atomic E-state index is 12.0. The summed E-state index contributed by atoms with van der Waals surface area (Å²) in [7, 11) is -1.67. The summed E-state index contributed by atoms with van der Waals surface area (Å²) in [6.07, 6.45) is -0.331. The van der Waals surface area contributed by atoms with Gasteiger partial charge >= 0.3 is 13.2 Å². The van der Waals surface area contributed by atoms with Gasteiger partial charge in [-0.25, -0.2) is 9.78 Å². The van der Waals surface area contributed by atoms with Crippen molar-refractivity contribution in [3.05, 3.63) is 17.2 Å². The Morgan fingerprint density at radius 1 is 1.26 bits per heavy atom. The summed E-state index contributed by atoms with van der Waals surface area (Å²) in [5.41, 5.74) is -0.420. The van der Waals surface area contributed by atoms with Crippen LogP contribution >= 0.6 is 11.6 Å². The van der Waals surface area contributed by atoms with Gasteiger partial charge in [-0.3, -0.25) is 0 Å². The van der Waals surface area contributed by atoms with E-state index in [0.717, 1.165) is 0 Å². The largest absolute Gasteiger partial charge is 0.508 e. The SMILES string of the molecule is CC(C)(C)OC(=O)N1CCN(c2cc(Cl)cc(B(O)O)n2)CC1. The zero-order chi connectivity index (χ0) is 17.2. The summed E-state index contributed by atoms with van der Waals surface area (Å²) in [4.78, 5) is 19.8. The minimum Gasteiger partial charge on any atom is -0.444 e.